The number of benzene rings is 1. The smallest absolute Gasteiger partial charge is 0.256 e. The predicted octanol–water partition coefficient (Wildman–Crippen LogP) is 3.18. The number of aryl methyl sites for hydroxylation is 1. The fraction of sp³-hybridized carbons (Fsp3) is 0.111. The molecule has 0 radical (unpaired) electrons. The van der Waals surface area contributed by atoms with E-state index in [2.05, 4.69) is 15.0 Å². The molecule has 0 saturated carbocycles. The number of sulfonamides is 1. The van der Waals surface area contributed by atoms with E-state index in [-0.39, 0.29) is 17.0 Å². The molecule has 134 valence electrons. The highest BCUT2D eigenvalue weighted by Crippen LogP contribution is 2.15. The van der Waals surface area contributed by atoms with Crippen LogP contribution in [-0.4, -0.2) is 19.3 Å². The number of hydrogen-bond donors (Lipinski definition) is 2. The van der Waals surface area contributed by atoms with E-state index in [4.69, 9.17) is 0 Å². The van der Waals surface area contributed by atoms with Gasteiger partial charge in [0.2, 0.25) is 10.0 Å². The van der Waals surface area contributed by atoms with Gasteiger partial charge < -0.3 is 5.32 Å². The van der Waals surface area contributed by atoms with E-state index >= 15 is 0 Å². The summed E-state index contributed by atoms with van der Waals surface area (Å²) in [5, 5.41) is 4.54. The van der Waals surface area contributed by atoms with E-state index in [0.717, 1.165) is 10.4 Å². The van der Waals surface area contributed by atoms with Crippen molar-refractivity contribution in [3.8, 4) is 0 Å². The van der Waals surface area contributed by atoms with Crippen molar-refractivity contribution in [2.45, 2.75) is 18.4 Å². The highest BCUT2D eigenvalue weighted by Gasteiger charge is 2.16. The third kappa shape index (κ3) is 4.54. The first-order chi connectivity index (χ1) is 12.4. The van der Waals surface area contributed by atoms with Gasteiger partial charge in [-0.2, -0.15) is 0 Å². The summed E-state index contributed by atoms with van der Waals surface area (Å²) in [5.41, 5.74) is 1.22. The minimum Gasteiger partial charge on any atom is -0.307 e. The molecule has 1 aromatic carbocycles. The molecule has 0 spiro atoms. The number of thiophene rings is 1. The van der Waals surface area contributed by atoms with Crippen molar-refractivity contribution >= 4 is 33.1 Å². The second-order valence-electron chi connectivity index (χ2n) is 5.61. The second kappa shape index (κ2) is 7.77. The predicted molar refractivity (Wildman–Crippen MR) is 102 cm³/mol. The van der Waals surface area contributed by atoms with Crippen molar-refractivity contribution in [3.63, 3.8) is 0 Å². The molecule has 3 aromatic rings. The van der Waals surface area contributed by atoms with Crippen LogP contribution < -0.4 is 10.0 Å². The van der Waals surface area contributed by atoms with Crippen molar-refractivity contribution in [1.82, 2.24) is 9.71 Å². The van der Waals surface area contributed by atoms with Crippen molar-refractivity contribution < 1.29 is 13.2 Å². The Balaban J connectivity index is 1.74. The number of carbonyl (C=O) groups excluding carboxylic acids is 1. The largest absolute Gasteiger partial charge is 0.307 e. The van der Waals surface area contributed by atoms with Gasteiger partial charge in [-0.3, -0.25) is 4.79 Å². The van der Waals surface area contributed by atoms with E-state index in [0.29, 0.717) is 5.82 Å². The fourth-order valence-electron chi connectivity index (χ4n) is 2.20. The Bertz CT molecular complexity index is 998. The van der Waals surface area contributed by atoms with Gasteiger partial charge in [-0.05, 0) is 48.2 Å². The summed E-state index contributed by atoms with van der Waals surface area (Å²) in [7, 11) is -3.71. The topological polar surface area (TPSA) is 88.2 Å². The number of aromatic nitrogens is 1. The first kappa shape index (κ1) is 18.2. The molecular formula is C18H17N3O3S2. The van der Waals surface area contributed by atoms with E-state index in [1.807, 2.05) is 30.5 Å². The standard InChI is InChI=1S/C18H17N3O3S2/c1-13-7-8-17(19-11-13)21-18(22)14-4-2-6-16(10-14)26(23,24)20-12-15-5-3-9-25-15/h2-11,20H,12H2,1H3,(H,19,21,22). The van der Waals surface area contributed by atoms with Crippen LogP contribution in [0.2, 0.25) is 0 Å². The molecule has 26 heavy (non-hydrogen) atoms. The number of nitrogens with zero attached hydrogens (tertiary/aromatic N) is 1. The first-order valence-electron chi connectivity index (χ1n) is 7.80. The SMILES string of the molecule is Cc1ccc(NC(=O)c2cccc(S(=O)(=O)NCc3cccs3)c2)nc1. The lowest BCUT2D eigenvalue weighted by Gasteiger charge is -2.08. The van der Waals surface area contributed by atoms with E-state index in [9.17, 15) is 13.2 Å². The highest BCUT2D eigenvalue weighted by atomic mass is 32.2. The maximum Gasteiger partial charge on any atom is 0.256 e. The van der Waals surface area contributed by atoms with Crippen LogP contribution in [0.5, 0.6) is 0 Å². The summed E-state index contributed by atoms with van der Waals surface area (Å²) < 4.78 is 27.4. The number of rotatable bonds is 6. The molecule has 0 aliphatic rings. The molecule has 2 aromatic heterocycles. The molecule has 0 bridgehead atoms. The van der Waals surface area contributed by atoms with Crippen LogP contribution in [0.4, 0.5) is 5.82 Å². The van der Waals surface area contributed by atoms with Crippen LogP contribution in [0, 0.1) is 6.92 Å². The minimum absolute atomic E-state index is 0.0403. The lowest BCUT2D eigenvalue weighted by Crippen LogP contribution is -2.23. The molecular weight excluding hydrogens is 370 g/mol. The zero-order chi connectivity index (χ0) is 18.6. The Labute approximate surface area is 156 Å². The van der Waals surface area contributed by atoms with E-state index in [1.165, 1.54) is 29.5 Å². The first-order valence-corrected chi connectivity index (χ1v) is 10.2. The van der Waals surface area contributed by atoms with Gasteiger partial charge in [0, 0.05) is 23.2 Å². The van der Waals surface area contributed by atoms with Crippen LogP contribution >= 0.6 is 11.3 Å². The van der Waals surface area contributed by atoms with Crippen LogP contribution in [0.1, 0.15) is 20.8 Å². The molecule has 3 rings (SSSR count). The zero-order valence-electron chi connectivity index (χ0n) is 14.0. The van der Waals surface area contributed by atoms with Crippen molar-refractivity contribution in [2.75, 3.05) is 5.32 Å². The molecule has 0 fully saturated rings. The average Bonchev–Trinajstić information content (AvgIpc) is 3.16. The van der Waals surface area contributed by atoms with Crippen molar-refractivity contribution in [2.24, 2.45) is 0 Å². The van der Waals surface area contributed by atoms with Gasteiger partial charge in [-0.1, -0.05) is 18.2 Å². The van der Waals surface area contributed by atoms with E-state index < -0.39 is 15.9 Å². The Morgan fingerprint density at radius 3 is 2.69 bits per heavy atom. The summed E-state index contributed by atoms with van der Waals surface area (Å²) in [6, 6.07) is 13.1. The molecule has 0 atom stereocenters. The number of amides is 1. The Kier molecular flexibility index (Phi) is 5.46. The molecule has 0 unspecified atom stereocenters. The molecule has 2 heterocycles. The summed E-state index contributed by atoms with van der Waals surface area (Å²) in [4.78, 5) is 17.4. The van der Waals surface area contributed by atoms with Crippen LogP contribution in [0.3, 0.4) is 0 Å². The summed E-state index contributed by atoms with van der Waals surface area (Å²) in [6.45, 7) is 2.11. The molecule has 6 nitrogen and oxygen atoms in total. The number of anilines is 1. The number of carbonyl (C=O) groups is 1. The lowest BCUT2D eigenvalue weighted by molar-refractivity contribution is 0.102. The lowest BCUT2D eigenvalue weighted by atomic mass is 10.2. The molecule has 8 heteroatoms. The highest BCUT2D eigenvalue weighted by molar-refractivity contribution is 7.89. The zero-order valence-corrected chi connectivity index (χ0v) is 15.6. The molecule has 0 aliphatic heterocycles. The van der Waals surface area contributed by atoms with Crippen LogP contribution in [0.15, 0.2) is 65.0 Å². The second-order valence-corrected chi connectivity index (χ2v) is 8.41. The van der Waals surface area contributed by atoms with Crippen molar-refractivity contribution in [3.05, 3.63) is 76.1 Å². The van der Waals surface area contributed by atoms with Gasteiger partial charge in [-0.25, -0.2) is 18.1 Å². The maximum absolute atomic E-state index is 12.4. The summed E-state index contributed by atoms with van der Waals surface area (Å²) >= 11 is 1.47. The molecule has 1 amide bonds. The molecule has 2 N–H and O–H groups in total. The Morgan fingerprint density at radius 2 is 2.00 bits per heavy atom. The van der Waals surface area contributed by atoms with Gasteiger partial charge in [0.05, 0.1) is 4.90 Å². The van der Waals surface area contributed by atoms with Gasteiger partial charge in [0.1, 0.15) is 5.82 Å². The monoisotopic (exact) mass is 387 g/mol. The number of hydrogen-bond acceptors (Lipinski definition) is 5. The number of pyridine rings is 1. The average molecular weight is 387 g/mol. The molecule has 0 saturated heterocycles. The van der Waals surface area contributed by atoms with Crippen molar-refractivity contribution in [1.29, 1.82) is 0 Å². The van der Waals surface area contributed by atoms with Gasteiger partial charge in [0.15, 0.2) is 0 Å². The third-order valence-electron chi connectivity index (χ3n) is 3.58. The summed E-state index contributed by atoms with van der Waals surface area (Å²) in [6.07, 6.45) is 1.64. The van der Waals surface area contributed by atoms with Gasteiger partial charge >= 0.3 is 0 Å². The Hall–Kier alpha value is -2.55. The van der Waals surface area contributed by atoms with Gasteiger partial charge in [0.25, 0.3) is 5.91 Å². The maximum atomic E-state index is 12.4. The van der Waals surface area contributed by atoms with E-state index in [1.54, 1.807) is 18.3 Å². The number of nitrogens with one attached hydrogen (secondary N) is 2. The normalized spacial score (nSPS) is 11.3. The van der Waals surface area contributed by atoms with Crippen LogP contribution in [-0.2, 0) is 16.6 Å². The minimum atomic E-state index is -3.71. The van der Waals surface area contributed by atoms with Gasteiger partial charge in [-0.15, -0.1) is 11.3 Å². The Morgan fingerprint density at radius 1 is 1.15 bits per heavy atom. The molecule has 0 aliphatic carbocycles. The fourth-order valence-corrected chi connectivity index (χ4v) is 3.99. The summed E-state index contributed by atoms with van der Waals surface area (Å²) in [5.74, 6) is -0.0126. The third-order valence-corrected chi connectivity index (χ3v) is 5.85. The van der Waals surface area contributed by atoms with Crippen LogP contribution in [0.25, 0.3) is 0 Å². The quantitative estimate of drug-likeness (QED) is 0.680.